The first kappa shape index (κ1) is 14.2. The van der Waals surface area contributed by atoms with Crippen LogP contribution >= 0.6 is 0 Å². The normalized spacial score (nSPS) is 19.8. The fourth-order valence-corrected chi connectivity index (χ4v) is 2.53. The second kappa shape index (κ2) is 6.82. The summed E-state index contributed by atoms with van der Waals surface area (Å²) in [5, 5.41) is 2.93. The average Bonchev–Trinajstić information content (AvgIpc) is 2.80. The predicted molar refractivity (Wildman–Crippen MR) is 72.7 cm³/mol. The van der Waals surface area contributed by atoms with Gasteiger partial charge < -0.3 is 15.0 Å². The first-order valence-corrected chi connectivity index (χ1v) is 6.83. The molecule has 5 heteroatoms. The highest BCUT2D eigenvalue weighted by atomic mass is 19.1. The summed E-state index contributed by atoms with van der Waals surface area (Å²) in [6, 6.07) is 2.23. The Bertz CT molecular complexity index is 414. The van der Waals surface area contributed by atoms with Crippen LogP contribution in [0, 0.1) is 5.82 Å². The quantitative estimate of drug-likeness (QED) is 0.853. The smallest absolute Gasteiger partial charge is 0.250 e. The molecule has 1 saturated heterocycles. The molecule has 106 valence electrons. The van der Waals surface area contributed by atoms with Gasteiger partial charge in [-0.3, -0.25) is 0 Å². The van der Waals surface area contributed by atoms with Gasteiger partial charge in [-0.15, -0.1) is 0 Å². The lowest BCUT2D eigenvalue weighted by atomic mass is 10.1. The molecule has 1 aliphatic heterocycles. The zero-order valence-electron chi connectivity index (χ0n) is 11.7. The number of nitrogens with zero attached hydrogens (tertiary/aromatic N) is 2. The van der Waals surface area contributed by atoms with Gasteiger partial charge in [-0.25, -0.2) is 9.37 Å². The van der Waals surface area contributed by atoms with E-state index in [-0.39, 0.29) is 11.7 Å². The molecule has 0 saturated carbocycles. The first-order chi connectivity index (χ1) is 9.22. The van der Waals surface area contributed by atoms with E-state index >= 15 is 0 Å². The Labute approximate surface area is 114 Å². The Morgan fingerprint density at radius 2 is 2.42 bits per heavy atom. The molecule has 0 spiro atoms. The van der Waals surface area contributed by atoms with E-state index in [1.165, 1.54) is 12.8 Å². The molecule has 2 rings (SSSR count). The molecule has 0 amide bonds. The molecule has 1 N–H and O–H groups in total. The van der Waals surface area contributed by atoms with Crippen molar-refractivity contribution in [2.24, 2.45) is 0 Å². The van der Waals surface area contributed by atoms with Gasteiger partial charge in [-0.05, 0) is 46.0 Å². The highest BCUT2D eigenvalue weighted by Gasteiger charge is 2.20. The largest absolute Gasteiger partial charge is 0.476 e. The Kier molecular flexibility index (Phi) is 5.10. The lowest BCUT2D eigenvalue weighted by molar-refractivity contribution is 0.222. The number of aromatic nitrogens is 1. The van der Waals surface area contributed by atoms with Crippen LogP contribution in [0.3, 0.4) is 0 Å². The first-order valence-electron chi connectivity index (χ1n) is 6.83. The van der Waals surface area contributed by atoms with Gasteiger partial charge >= 0.3 is 0 Å². The summed E-state index contributed by atoms with van der Waals surface area (Å²) < 4.78 is 19.5. The van der Waals surface area contributed by atoms with Crippen LogP contribution in [-0.2, 0) is 6.54 Å². The molecule has 1 atom stereocenters. The van der Waals surface area contributed by atoms with Crippen LogP contribution in [0.4, 0.5) is 4.39 Å². The van der Waals surface area contributed by atoms with Gasteiger partial charge in [-0.1, -0.05) is 0 Å². The third kappa shape index (κ3) is 3.64. The molecule has 0 aliphatic carbocycles. The summed E-state index contributed by atoms with van der Waals surface area (Å²) in [5.74, 6) is -0.231. The average molecular weight is 267 g/mol. The van der Waals surface area contributed by atoms with Crippen LogP contribution in [0.25, 0.3) is 0 Å². The molecule has 19 heavy (non-hydrogen) atoms. The van der Waals surface area contributed by atoms with Gasteiger partial charge in [0.15, 0.2) is 5.82 Å². The molecule has 0 radical (unpaired) electrons. The summed E-state index contributed by atoms with van der Waals surface area (Å²) in [6.07, 6.45) is 4.96. The summed E-state index contributed by atoms with van der Waals surface area (Å²) in [5.41, 5.74) is 0.588. The molecule has 1 fully saturated rings. The van der Waals surface area contributed by atoms with Crippen molar-refractivity contribution in [2.45, 2.75) is 31.8 Å². The minimum atomic E-state index is -0.350. The predicted octanol–water partition coefficient (Wildman–Crippen LogP) is 1.80. The molecule has 1 aliphatic rings. The lowest BCUT2D eigenvalue weighted by Gasteiger charge is -2.19. The summed E-state index contributed by atoms with van der Waals surface area (Å²) in [6.45, 7) is 2.15. The van der Waals surface area contributed by atoms with Gasteiger partial charge in [0, 0.05) is 24.3 Å². The molecule has 0 bridgehead atoms. The Morgan fingerprint density at radius 1 is 1.58 bits per heavy atom. The monoisotopic (exact) mass is 267 g/mol. The van der Waals surface area contributed by atoms with Crippen LogP contribution in [-0.4, -0.2) is 43.2 Å². The van der Waals surface area contributed by atoms with Crippen molar-refractivity contribution in [2.75, 3.05) is 27.2 Å². The fraction of sp³-hybridized carbons (Fsp3) is 0.643. The van der Waals surface area contributed by atoms with Crippen molar-refractivity contribution in [1.29, 1.82) is 0 Å². The van der Waals surface area contributed by atoms with Crippen LogP contribution in [0.5, 0.6) is 5.88 Å². The maximum atomic E-state index is 14.0. The summed E-state index contributed by atoms with van der Waals surface area (Å²) in [7, 11) is 3.92. The maximum Gasteiger partial charge on any atom is 0.250 e. The summed E-state index contributed by atoms with van der Waals surface area (Å²) in [4.78, 5) is 6.30. The van der Waals surface area contributed by atoms with E-state index in [2.05, 4.69) is 22.2 Å². The van der Waals surface area contributed by atoms with Gasteiger partial charge in [0.1, 0.15) is 0 Å². The Morgan fingerprint density at radius 3 is 3.11 bits per heavy atom. The molecule has 1 aromatic rings. The van der Waals surface area contributed by atoms with Gasteiger partial charge in [0.05, 0.1) is 6.61 Å². The minimum absolute atomic E-state index is 0.119. The number of nitrogens with one attached hydrogen (secondary N) is 1. The van der Waals surface area contributed by atoms with Crippen molar-refractivity contribution in [1.82, 2.24) is 15.2 Å². The Balaban J connectivity index is 1.87. The second-order valence-electron chi connectivity index (χ2n) is 5.03. The van der Waals surface area contributed by atoms with Crippen LogP contribution < -0.4 is 10.1 Å². The molecular weight excluding hydrogens is 245 g/mol. The van der Waals surface area contributed by atoms with Crippen molar-refractivity contribution in [3.8, 4) is 5.88 Å². The third-order valence-electron chi connectivity index (χ3n) is 3.67. The molecule has 0 aromatic carbocycles. The van der Waals surface area contributed by atoms with Crippen molar-refractivity contribution >= 4 is 0 Å². The van der Waals surface area contributed by atoms with Crippen LogP contribution in [0.2, 0.25) is 0 Å². The zero-order chi connectivity index (χ0) is 13.7. The number of rotatable bonds is 6. The van der Waals surface area contributed by atoms with E-state index in [4.69, 9.17) is 4.74 Å². The molecule has 1 unspecified atom stereocenters. The summed E-state index contributed by atoms with van der Waals surface area (Å²) >= 11 is 0. The molecule has 2 heterocycles. The van der Waals surface area contributed by atoms with E-state index in [9.17, 15) is 4.39 Å². The van der Waals surface area contributed by atoms with Crippen molar-refractivity contribution in [3.05, 3.63) is 23.6 Å². The zero-order valence-corrected chi connectivity index (χ0v) is 11.7. The molecule has 4 nitrogen and oxygen atoms in total. The number of ether oxygens (including phenoxy) is 1. The number of hydrogen-bond donors (Lipinski definition) is 1. The number of likely N-dealkylation sites (tertiary alicyclic amines) is 1. The standard InChI is InChI=1S/C14H22FN3O/c1-16-10-11-5-7-17-14(13(11)15)19-9-6-12-4-3-8-18(12)2/h5,7,12,16H,3-4,6,8-10H2,1-2H3. The van der Waals surface area contributed by atoms with Gasteiger partial charge in [0.25, 0.3) is 5.88 Å². The fourth-order valence-electron chi connectivity index (χ4n) is 2.53. The van der Waals surface area contributed by atoms with Gasteiger partial charge in [0.2, 0.25) is 0 Å². The highest BCUT2D eigenvalue weighted by molar-refractivity contribution is 5.23. The SMILES string of the molecule is CNCc1ccnc(OCCC2CCCN2C)c1F. The van der Waals surface area contributed by atoms with Crippen LogP contribution in [0.1, 0.15) is 24.8 Å². The van der Waals surface area contributed by atoms with E-state index < -0.39 is 0 Å². The minimum Gasteiger partial charge on any atom is -0.476 e. The molecular formula is C14H22FN3O. The molecule has 1 aromatic heterocycles. The maximum absolute atomic E-state index is 14.0. The topological polar surface area (TPSA) is 37.4 Å². The second-order valence-corrected chi connectivity index (χ2v) is 5.03. The Hall–Kier alpha value is -1.20. The van der Waals surface area contributed by atoms with Crippen molar-refractivity contribution in [3.63, 3.8) is 0 Å². The van der Waals surface area contributed by atoms with Crippen LogP contribution in [0.15, 0.2) is 12.3 Å². The third-order valence-corrected chi connectivity index (χ3v) is 3.67. The van der Waals surface area contributed by atoms with E-state index in [1.807, 2.05) is 0 Å². The number of pyridine rings is 1. The van der Waals surface area contributed by atoms with E-state index in [0.717, 1.165) is 13.0 Å². The number of halogens is 1. The lowest BCUT2D eigenvalue weighted by Crippen LogP contribution is -2.26. The van der Waals surface area contributed by atoms with Crippen molar-refractivity contribution < 1.29 is 9.13 Å². The van der Waals surface area contributed by atoms with E-state index in [1.54, 1.807) is 19.3 Å². The van der Waals surface area contributed by atoms with Gasteiger partial charge in [-0.2, -0.15) is 0 Å². The van der Waals surface area contributed by atoms with E-state index in [0.29, 0.717) is 24.8 Å². The number of hydrogen-bond acceptors (Lipinski definition) is 4. The highest BCUT2D eigenvalue weighted by Crippen LogP contribution is 2.20.